The highest BCUT2D eigenvalue weighted by Crippen LogP contribution is 2.27. The minimum Gasteiger partial charge on any atom is -0.480 e. The van der Waals surface area contributed by atoms with Gasteiger partial charge < -0.3 is 25.8 Å². The smallest absolute Gasteiger partial charge is 0.337 e. The molecule has 28 heavy (non-hydrogen) atoms. The fraction of sp³-hybridized carbons (Fsp3) is 0.300. The molecule has 1 saturated heterocycles. The van der Waals surface area contributed by atoms with E-state index in [0.29, 0.717) is 30.0 Å². The number of carbonyl (C=O) groups excluding carboxylic acids is 1. The number of rotatable bonds is 6. The number of nitrogen functional groups attached to an aromatic ring is 1. The molecule has 1 heterocycles. The first-order chi connectivity index (χ1) is 13.5. The van der Waals surface area contributed by atoms with Crippen LogP contribution >= 0.6 is 0 Å². The molecule has 3 rings (SSSR count). The van der Waals surface area contributed by atoms with Gasteiger partial charge in [-0.1, -0.05) is 6.07 Å². The van der Waals surface area contributed by atoms with E-state index >= 15 is 0 Å². The number of aliphatic carboxylic acids is 1. The molecule has 0 spiro atoms. The number of methoxy groups -OCH3 is 1. The molecule has 1 aliphatic heterocycles. The zero-order chi connectivity index (χ0) is 20.1. The first-order valence-corrected chi connectivity index (χ1v) is 9.00. The molecule has 0 aliphatic carbocycles. The van der Waals surface area contributed by atoms with Gasteiger partial charge in [0.2, 0.25) is 0 Å². The number of nitrogens with zero attached hydrogens (tertiary/aromatic N) is 2. The van der Waals surface area contributed by atoms with Crippen molar-refractivity contribution >= 4 is 34.7 Å². The van der Waals surface area contributed by atoms with Crippen LogP contribution in [0.1, 0.15) is 10.4 Å². The van der Waals surface area contributed by atoms with Crippen molar-refractivity contribution in [3.63, 3.8) is 0 Å². The predicted octanol–water partition coefficient (Wildman–Crippen LogP) is 2.01. The Morgan fingerprint density at radius 3 is 2.54 bits per heavy atom. The van der Waals surface area contributed by atoms with Crippen molar-refractivity contribution in [2.45, 2.75) is 0 Å². The summed E-state index contributed by atoms with van der Waals surface area (Å²) in [5.41, 5.74) is 9.56. The normalized spacial score (nSPS) is 14.5. The summed E-state index contributed by atoms with van der Waals surface area (Å²) in [5, 5.41) is 12.2. The van der Waals surface area contributed by atoms with E-state index in [1.54, 1.807) is 18.2 Å². The van der Waals surface area contributed by atoms with E-state index < -0.39 is 11.9 Å². The summed E-state index contributed by atoms with van der Waals surface area (Å²) in [4.78, 5) is 26.6. The third kappa shape index (κ3) is 4.72. The first kappa shape index (κ1) is 19.5. The molecule has 8 heteroatoms. The molecular weight excluding hydrogens is 360 g/mol. The summed E-state index contributed by atoms with van der Waals surface area (Å²) in [6, 6.07) is 13.0. The van der Waals surface area contributed by atoms with Crippen molar-refractivity contribution in [1.29, 1.82) is 0 Å². The van der Waals surface area contributed by atoms with E-state index in [1.807, 2.05) is 29.2 Å². The molecule has 0 radical (unpaired) electrons. The van der Waals surface area contributed by atoms with E-state index in [0.717, 1.165) is 24.5 Å². The van der Waals surface area contributed by atoms with Crippen molar-refractivity contribution in [2.24, 2.45) is 0 Å². The number of esters is 1. The zero-order valence-electron chi connectivity index (χ0n) is 15.7. The van der Waals surface area contributed by atoms with Crippen LogP contribution in [0.4, 0.5) is 22.7 Å². The highest BCUT2D eigenvalue weighted by atomic mass is 16.5. The van der Waals surface area contributed by atoms with Gasteiger partial charge in [-0.2, -0.15) is 0 Å². The lowest BCUT2D eigenvalue weighted by Crippen LogP contribution is -2.47. The van der Waals surface area contributed by atoms with Crippen LogP contribution in [0, 0.1) is 0 Å². The first-order valence-electron chi connectivity index (χ1n) is 9.00. The third-order valence-electron chi connectivity index (χ3n) is 4.69. The van der Waals surface area contributed by atoms with Gasteiger partial charge >= 0.3 is 11.9 Å². The number of piperazine rings is 1. The second kappa shape index (κ2) is 8.62. The fourth-order valence-corrected chi connectivity index (χ4v) is 3.21. The molecule has 0 aromatic heterocycles. The molecule has 0 atom stereocenters. The van der Waals surface area contributed by atoms with Gasteiger partial charge in [-0.15, -0.1) is 0 Å². The summed E-state index contributed by atoms with van der Waals surface area (Å²) < 4.78 is 4.70. The van der Waals surface area contributed by atoms with Crippen molar-refractivity contribution < 1.29 is 19.4 Å². The van der Waals surface area contributed by atoms with Crippen LogP contribution in [-0.2, 0) is 9.53 Å². The summed E-state index contributed by atoms with van der Waals surface area (Å²) in [6.45, 7) is 3.05. The molecule has 2 aromatic rings. The van der Waals surface area contributed by atoms with Crippen LogP contribution in [-0.4, -0.2) is 61.8 Å². The van der Waals surface area contributed by atoms with Gasteiger partial charge in [0.05, 0.1) is 30.6 Å². The Labute approximate surface area is 163 Å². The average molecular weight is 384 g/mol. The number of carboxylic acids is 1. The number of benzene rings is 2. The average Bonchev–Trinajstić information content (AvgIpc) is 2.69. The highest BCUT2D eigenvalue weighted by Gasteiger charge is 2.19. The molecule has 148 valence electrons. The molecule has 0 saturated carbocycles. The van der Waals surface area contributed by atoms with Crippen LogP contribution in [0.5, 0.6) is 0 Å². The van der Waals surface area contributed by atoms with E-state index in [1.165, 1.54) is 7.11 Å². The fourth-order valence-electron chi connectivity index (χ4n) is 3.21. The van der Waals surface area contributed by atoms with Gasteiger partial charge in [0.1, 0.15) is 0 Å². The van der Waals surface area contributed by atoms with Gasteiger partial charge in [0.25, 0.3) is 0 Å². The lowest BCUT2D eigenvalue weighted by molar-refractivity contribution is -0.138. The molecule has 2 aromatic carbocycles. The van der Waals surface area contributed by atoms with E-state index in [4.69, 9.17) is 15.6 Å². The molecule has 1 aliphatic rings. The predicted molar refractivity (Wildman–Crippen MR) is 108 cm³/mol. The molecule has 8 nitrogen and oxygen atoms in total. The Morgan fingerprint density at radius 2 is 1.89 bits per heavy atom. The number of hydrogen-bond donors (Lipinski definition) is 3. The van der Waals surface area contributed by atoms with Gasteiger partial charge in [0.15, 0.2) is 0 Å². The zero-order valence-corrected chi connectivity index (χ0v) is 15.7. The van der Waals surface area contributed by atoms with Crippen LogP contribution in [0.3, 0.4) is 0 Å². The molecule has 1 fully saturated rings. The molecule has 0 bridgehead atoms. The summed E-state index contributed by atoms with van der Waals surface area (Å²) in [6.07, 6.45) is 0. The lowest BCUT2D eigenvalue weighted by Gasteiger charge is -2.35. The summed E-state index contributed by atoms with van der Waals surface area (Å²) >= 11 is 0. The number of nitrogens with two attached hydrogens (primary N) is 1. The molecule has 0 amide bonds. The van der Waals surface area contributed by atoms with Crippen LogP contribution in [0.25, 0.3) is 0 Å². The van der Waals surface area contributed by atoms with Crippen molar-refractivity contribution in [3.8, 4) is 0 Å². The van der Waals surface area contributed by atoms with Gasteiger partial charge in [-0.25, -0.2) is 4.79 Å². The Balaban J connectivity index is 1.67. The minimum absolute atomic E-state index is 0.0796. The summed E-state index contributed by atoms with van der Waals surface area (Å²) in [5.74, 6) is -1.22. The van der Waals surface area contributed by atoms with Gasteiger partial charge in [-0.3, -0.25) is 9.69 Å². The third-order valence-corrected chi connectivity index (χ3v) is 4.69. The minimum atomic E-state index is -0.796. The maximum Gasteiger partial charge on any atom is 0.337 e. The highest BCUT2D eigenvalue weighted by molar-refractivity contribution is 5.92. The lowest BCUT2D eigenvalue weighted by atomic mass is 10.1. The topological polar surface area (TPSA) is 108 Å². The molecule has 0 unspecified atom stereocenters. The maximum absolute atomic E-state index is 11.6. The van der Waals surface area contributed by atoms with Gasteiger partial charge in [-0.05, 0) is 36.4 Å². The largest absolute Gasteiger partial charge is 0.480 e. The van der Waals surface area contributed by atoms with E-state index in [2.05, 4.69) is 10.2 Å². The SMILES string of the molecule is COC(=O)c1ccc(Nc2cccc(N3CCN(CC(=O)O)CC3)c2)c(N)c1. The number of hydrogen-bond acceptors (Lipinski definition) is 7. The van der Waals surface area contributed by atoms with Crippen molar-refractivity contribution in [2.75, 3.05) is 55.8 Å². The molecular formula is C20H24N4O4. The van der Waals surface area contributed by atoms with E-state index in [-0.39, 0.29) is 6.54 Å². The number of carbonyl (C=O) groups is 2. The number of anilines is 4. The number of nitrogens with one attached hydrogen (secondary N) is 1. The standard InChI is InChI=1S/C20H24N4O4/c1-28-20(27)14-5-6-18(17(21)11-14)22-15-3-2-4-16(12-15)24-9-7-23(8-10-24)13-19(25)26/h2-6,11-12,22H,7-10,13,21H2,1H3,(H,25,26). The van der Waals surface area contributed by atoms with Crippen LogP contribution in [0.15, 0.2) is 42.5 Å². The van der Waals surface area contributed by atoms with Crippen molar-refractivity contribution in [3.05, 3.63) is 48.0 Å². The monoisotopic (exact) mass is 384 g/mol. The second-order valence-electron chi connectivity index (χ2n) is 6.63. The Kier molecular flexibility index (Phi) is 6.00. The second-order valence-corrected chi connectivity index (χ2v) is 6.63. The summed E-state index contributed by atoms with van der Waals surface area (Å²) in [7, 11) is 1.33. The maximum atomic E-state index is 11.6. The van der Waals surface area contributed by atoms with Crippen LogP contribution in [0.2, 0.25) is 0 Å². The quantitative estimate of drug-likeness (QED) is 0.513. The Hall–Kier alpha value is -3.26. The Bertz CT molecular complexity index is 863. The number of carboxylic acid groups (broad SMARTS) is 1. The molecule has 4 N–H and O–H groups in total. The van der Waals surface area contributed by atoms with E-state index in [9.17, 15) is 9.59 Å². The number of ether oxygens (including phenoxy) is 1. The van der Waals surface area contributed by atoms with Crippen molar-refractivity contribution in [1.82, 2.24) is 4.90 Å². The Morgan fingerprint density at radius 1 is 1.14 bits per heavy atom. The van der Waals surface area contributed by atoms with Gasteiger partial charge in [0, 0.05) is 37.6 Å². The van der Waals surface area contributed by atoms with Crippen LogP contribution < -0.4 is 16.0 Å².